The van der Waals surface area contributed by atoms with Gasteiger partial charge in [0.25, 0.3) is 0 Å². The Balaban J connectivity index is 1.74. The minimum atomic E-state index is -1.05. The average molecular weight is 334 g/mol. The van der Waals surface area contributed by atoms with Gasteiger partial charge in [0.15, 0.2) is 0 Å². The Morgan fingerprint density at radius 2 is 1.88 bits per heavy atom. The summed E-state index contributed by atoms with van der Waals surface area (Å²) in [5.74, 6) is -1.41. The number of nitrogens with zero attached hydrogens (tertiary/aromatic N) is 4. The second-order valence-electron chi connectivity index (χ2n) is 6.92. The van der Waals surface area contributed by atoms with Gasteiger partial charge in [0, 0.05) is 44.7 Å². The molecule has 0 aromatic carbocycles. The first-order valence-corrected chi connectivity index (χ1v) is 8.00. The zero-order valence-electron chi connectivity index (χ0n) is 14.2. The number of hydrogen-bond acceptors (Lipinski definition) is 4. The van der Waals surface area contributed by atoms with Crippen molar-refractivity contribution >= 4 is 17.8 Å². The van der Waals surface area contributed by atoms with Gasteiger partial charge in [0.1, 0.15) is 12.0 Å². The summed E-state index contributed by atoms with van der Waals surface area (Å²) in [4.78, 5) is 39.2. The minimum absolute atomic E-state index is 0.110. The topological polar surface area (TPSA) is 95.7 Å². The molecular formula is C16H22N4O4. The second kappa shape index (κ2) is 5.61. The fourth-order valence-electron chi connectivity index (χ4n) is 3.86. The number of fused-ring (bicyclic) bond motifs is 1. The lowest BCUT2D eigenvalue weighted by Crippen LogP contribution is -2.43. The Morgan fingerprint density at radius 3 is 2.38 bits per heavy atom. The molecule has 2 aliphatic rings. The lowest BCUT2D eigenvalue weighted by Gasteiger charge is -2.25. The highest BCUT2D eigenvalue weighted by Crippen LogP contribution is 2.42. The quantitative estimate of drug-likeness (QED) is 0.832. The van der Waals surface area contributed by atoms with Gasteiger partial charge in [-0.2, -0.15) is 5.10 Å². The number of carboxylic acids is 1. The molecule has 130 valence electrons. The van der Waals surface area contributed by atoms with E-state index in [-0.39, 0.29) is 37.4 Å². The summed E-state index contributed by atoms with van der Waals surface area (Å²) in [7, 11) is 0. The molecule has 2 atom stereocenters. The van der Waals surface area contributed by atoms with Crippen molar-refractivity contribution in [2.24, 2.45) is 11.3 Å². The molecule has 1 aromatic rings. The second-order valence-corrected chi connectivity index (χ2v) is 6.92. The highest BCUT2D eigenvalue weighted by atomic mass is 16.4. The summed E-state index contributed by atoms with van der Waals surface area (Å²) in [6.45, 7) is 6.39. The van der Waals surface area contributed by atoms with Crippen molar-refractivity contribution in [3.63, 3.8) is 0 Å². The van der Waals surface area contributed by atoms with Crippen LogP contribution in [0.1, 0.15) is 18.3 Å². The summed E-state index contributed by atoms with van der Waals surface area (Å²) in [6, 6.07) is 1.90. The van der Waals surface area contributed by atoms with Crippen molar-refractivity contribution in [3.8, 4) is 0 Å². The van der Waals surface area contributed by atoms with Gasteiger partial charge in [-0.3, -0.25) is 19.1 Å². The summed E-state index contributed by atoms with van der Waals surface area (Å²) in [5.41, 5.74) is 0.699. The van der Waals surface area contributed by atoms with Gasteiger partial charge in [-0.25, -0.2) is 0 Å². The molecule has 0 bridgehead atoms. The third-order valence-electron chi connectivity index (χ3n) is 5.22. The molecule has 24 heavy (non-hydrogen) atoms. The van der Waals surface area contributed by atoms with Crippen LogP contribution in [-0.4, -0.2) is 68.6 Å². The molecule has 2 amide bonds. The van der Waals surface area contributed by atoms with Crippen molar-refractivity contribution in [3.05, 3.63) is 17.5 Å². The monoisotopic (exact) mass is 334 g/mol. The molecule has 2 aliphatic heterocycles. The Bertz CT molecular complexity index is 713. The van der Waals surface area contributed by atoms with Gasteiger partial charge in [0.2, 0.25) is 11.8 Å². The summed E-state index contributed by atoms with van der Waals surface area (Å²) < 4.78 is 1.64. The van der Waals surface area contributed by atoms with Gasteiger partial charge in [-0.05, 0) is 19.9 Å². The summed E-state index contributed by atoms with van der Waals surface area (Å²) in [6.07, 6.45) is 0. The number of amides is 2. The van der Waals surface area contributed by atoms with Crippen LogP contribution in [0.3, 0.4) is 0 Å². The molecule has 0 saturated carbocycles. The zero-order chi connectivity index (χ0) is 17.6. The van der Waals surface area contributed by atoms with Crippen molar-refractivity contribution in [2.45, 2.75) is 27.3 Å². The number of rotatable bonds is 3. The molecule has 1 aromatic heterocycles. The molecule has 8 heteroatoms. The summed E-state index contributed by atoms with van der Waals surface area (Å²) in [5, 5.41) is 14.0. The van der Waals surface area contributed by atoms with E-state index in [9.17, 15) is 19.5 Å². The maximum atomic E-state index is 12.6. The maximum absolute atomic E-state index is 12.6. The molecule has 0 unspecified atom stereocenters. The summed E-state index contributed by atoms with van der Waals surface area (Å²) >= 11 is 0. The highest BCUT2D eigenvalue weighted by Gasteiger charge is 2.59. The number of hydrogen-bond donors (Lipinski definition) is 1. The van der Waals surface area contributed by atoms with Gasteiger partial charge >= 0.3 is 5.97 Å². The van der Waals surface area contributed by atoms with E-state index in [1.165, 1.54) is 6.92 Å². The van der Waals surface area contributed by atoms with Crippen molar-refractivity contribution < 1.29 is 19.5 Å². The molecule has 0 radical (unpaired) electrons. The molecule has 0 aliphatic carbocycles. The maximum Gasteiger partial charge on any atom is 0.313 e. The molecule has 2 fully saturated rings. The largest absolute Gasteiger partial charge is 0.481 e. The van der Waals surface area contributed by atoms with Crippen molar-refractivity contribution in [1.29, 1.82) is 0 Å². The van der Waals surface area contributed by atoms with Crippen LogP contribution in [0.2, 0.25) is 0 Å². The van der Waals surface area contributed by atoms with E-state index in [4.69, 9.17) is 0 Å². The predicted molar refractivity (Wildman–Crippen MR) is 84.1 cm³/mol. The van der Waals surface area contributed by atoms with Gasteiger partial charge in [-0.1, -0.05) is 0 Å². The number of carbonyl (C=O) groups excluding carboxylic acids is 2. The number of aryl methyl sites for hydroxylation is 2. The van der Waals surface area contributed by atoms with Crippen LogP contribution in [0.5, 0.6) is 0 Å². The van der Waals surface area contributed by atoms with Gasteiger partial charge in [-0.15, -0.1) is 0 Å². The fourth-order valence-corrected chi connectivity index (χ4v) is 3.86. The van der Waals surface area contributed by atoms with E-state index in [0.29, 0.717) is 13.1 Å². The lowest BCUT2D eigenvalue weighted by atomic mass is 9.81. The minimum Gasteiger partial charge on any atom is -0.481 e. The van der Waals surface area contributed by atoms with E-state index >= 15 is 0 Å². The van der Waals surface area contributed by atoms with Crippen LogP contribution < -0.4 is 0 Å². The Kier molecular flexibility index (Phi) is 3.85. The van der Waals surface area contributed by atoms with Crippen molar-refractivity contribution in [1.82, 2.24) is 19.6 Å². The van der Waals surface area contributed by atoms with E-state index in [0.717, 1.165) is 11.4 Å². The normalized spacial score (nSPS) is 25.9. The molecule has 2 saturated heterocycles. The highest BCUT2D eigenvalue weighted by molar-refractivity contribution is 5.83. The number of carbonyl (C=O) groups is 3. The molecular weight excluding hydrogens is 312 g/mol. The number of carboxylic acid groups (broad SMARTS) is 1. The van der Waals surface area contributed by atoms with Gasteiger partial charge < -0.3 is 14.9 Å². The number of likely N-dealkylation sites (tertiary alicyclic amines) is 2. The number of aliphatic carboxylic acids is 1. The van der Waals surface area contributed by atoms with Crippen LogP contribution in [0.25, 0.3) is 0 Å². The number of aromatic nitrogens is 2. The first-order valence-electron chi connectivity index (χ1n) is 8.00. The average Bonchev–Trinajstić information content (AvgIpc) is 3.09. The van der Waals surface area contributed by atoms with Crippen LogP contribution >= 0.6 is 0 Å². The molecule has 1 N–H and O–H groups in total. The Hall–Kier alpha value is -2.38. The first kappa shape index (κ1) is 16.5. The molecule has 8 nitrogen and oxygen atoms in total. The van der Waals surface area contributed by atoms with E-state index < -0.39 is 11.4 Å². The SMILES string of the molecule is CC(=O)N1C[C@@H]2CN(C(=O)Cn3nc(C)cc3C)C[C@]2(C(=O)O)C1. The lowest BCUT2D eigenvalue weighted by molar-refractivity contribution is -0.149. The molecule has 0 spiro atoms. The standard InChI is InChI=1S/C16H22N4O4/c1-10-4-11(2)20(17-10)7-14(22)19-6-13-5-18(12(3)21)8-16(13,9-19)15(23)24/h4,13H,5-9H2,1-3H3,(H,23,24)/t13-,16-/m1/s1. The third-order valence-corrected chi connectivity index (χ3v) is 5.22. The van der Waals surface area contributed by atoms with Crippen LogP contribution in [0.15, 0.2) is 6.07 Å². The molecule has 3 heterocycles. The van der Waals surface area contributed by atoms with E-state index in [1.807, 2.05) is 19.9 Å². The van der Waals surface area contributed by atoms with Crippen LogP contribution in [-0.2, 0) is 20.9 Å². The zero-order valence-corrected chi connectivity index (χ0v) is 14.2. The van der Waals surface area contributed by atoms with E-state index in [2.05, 4.69) is 5.10 Å². The van der Waals surface area contributed by atoms with Crippen LogP contribution in [0.4, 0.5) is 0 Å². The predicted octanol–water partition coefficient (Wildman–Crippen LogP) is -0.109. The smallest absolute Gasteiger partial charge is 0.313 e. The fraction of sp³-hybridized carbons (Fsp3) is 0.625. The molecule has 3 rings (SSSR count). The third kappa shape index (κ3) is 2.55. The Morgan fingerprint density at radius 1 is 1.25 bits per heavy atom. The van der Waals surface area contributed by atoms with Crippen LogP contribution in [0, 0.1) is 25.2 Å². The van der Waals surface area contributed by atoms with Gasteiger partial charge in [0.05, 0.1) is 5.69 Å². The Labute approximate surface area is 140 Å². The van der Waals surface area contributed by atoms with E-state index in [1.54, 1.807) is 14.5 Å². The van der Waals surface area contributed by atoms with Crippen molar-refractivity contribution in [2.75, 3.05) is 26.2 Å². The first-order chi connectivity index (χ1) is 11.2.